The van der Waals surface area contributed by atoms with Crippen molar-refractivity contribution in [2.24, 2.45) is 0 Å². The van der Waals surface area contributed by atoms with Gasteiger partial charge in [-0.25, -0.2) is 0 Å². The molecule has 2 rings (SSSR count). The first-order chi connectivity index (χ1) is 17.2. The molecule has 37 heavy (non-hydrogen) atoms. The normalized spacial score (nSPS) is 23.5. The third kappa shape index (κ3) is 8.63. The van der Waals surface area contributed by atoms with Gasteiger partial charge in [0.2, 0.25) is 12.2 Å². The van der Waals surface area contributed by atoms with Gasteiger partial charge >= 0.3 is 17.9 Å². The lowest BCUT2D eigenvalue weighted by Crippen LogP contribution is -2.67. The van der Waals surface area contributed by atoms with Crippen molar-refractivity contribution in [1.29, 1.82) is 0 Å². The summed E-state index contributed by atoms with van der Waals surface area (Å²) in [4.78, 5) is 48.1. The summed E-state index contributed by atoms with van der Waals surface area (Å²) in [6.07, 6.45) is -4.02. The number of rotatable bonds is 9. The number of aromatic hydroxyl groups is 1. The topological polar surface area (TPSA) is 147 Å². The zero-order chi connectivity index (χ0) is 27.9. The van der Waals surface area contributed by atoms with E-state index in [0.29, 0.717) is 17.7 Å². The van der Waals surface area contributed by atoms with Gasteiger partial charge in [0.05, 0.1) is 0 Å². The van der Waals surface area contributed by atoms with Crippen LogP contribution in [-0.4, -0.2) is 66.2 Å². The van der Waals surface area contributed by atoms with Crippen LogP contribution in [0.5, 0.6) is 11.5 Å². The highest BCUT2D eigenvalue weighted by molar-refractivity contribution is 5.76. The second kappa shape index (κ2) is 12.8. The van der Waals surface area contributed by atoms with Crippen LogP contribution >= 0.6 is 0 Å². The van der Waals surface area contributed by atoms with E-state index < -0.39 is 54.0 Å². The second-order valence-electron chi connectivity index (χ2n) is 9.88. The lowest BCUT2D eigenvalue weighted by Gasteiger charge is -2.45. The molecule has 5 atom stereocenters. The maximum Gasteiger partial charge on any atom is 0.303 e. The van der Waals surface area contributed by atoms with Crippen LogP contribution in [0.15, 0.2) is 18.2 Å². The van der Waals surface area contributed by atoms with Crippen LogP contribution in [0.4, 0.5) is 0 Å². The molecule has 1 amide bonds. The molecule has 1 aromatic carbocycles. The number of phenolic OH excluding ortho intramolecular Hbond substituents is 1. The number of phenols is 1. The Morgan fingerprint density at radius 1 is 1.00 bits per heavy atom. The summed E-state index contributed by atoms with van der Waals surface area (Å²) in [6, 6.07) is 3.56. The fourth-order valence-corrected chi connectivity index (χ4v) is 3.97. The first kappa shape index (κ1) is 29.9. The third-order valence-corrected chi connectivity index (χ3v) is 5.53. The summed E-state index contributed by atoms with van der Waals surface area (Å²) in [5.74, 6) is -1.95. The average Bonchev–Trinajstić information content (AvgIpc) is 2.76. The van der Waals surface area contributed by atoms with Crippen LogP contribution in [0.1, 0.15) is 66.9 Å². The maximum absolute atomic E-state index is 12.6. The quantitative estimate of drug-likeness (QED) is 0.365. The molecule has 1 fully saturated rings. The molecule has 1 aliphatic heterocycles. The number of ether oxygens (including phenoxy) is 5. The summed E-state index contributed by atoms with van der Waals surface area (Å²) >= 11 is 0. The number of hydrogen-bond acceptors (Lipinski definition) is 10. The Labute approximate surface area is 216 Å². The van der Waals surface area contributed by atoms with Gasteiger partial charge in [-0.1, -0.05) is 27.7 Å². The van der Waals surface area contributed by atoms with Gasteiger partial charge in [-0.2, -0.15) is 0 Å². The largest absolute Gasteiger partial charge is 0.508 e. The first-order valence-corrected chi connectivity index (χ1v) is 12.2. The fourth-order valence-electron chi connectivity index (χ4n) is 3.97. The van der Waals surface area contributed by atoms with Crippen LogP contribution in [0.25, 0.3) is 0 Å². The molecule has 0 unspecified atom stereocenters. The van der Waals surface area contributed by atoms with E-state index in [1.54, 1.807) is 6.07 Å². The van der Waals surface area contributed by atoms with Crippen molar-refractivity contribution in [3.63, 3.8) is 0 Å². The van der Waals surface area contributed by atoms with E-state index in [4.69, 9.17) is 23.7 Å². The van der Waals surface area contributed by atoms with Crippen molar-refractivity contribution in [3.8, 4) is 11.5 Å². The van der Waals surface area contributed by atoms with Crippen molar-refractivity contribution in [2.45, 2.75) is 97.4 Å². The van der Waals surface area contributed by atoms with Crippen LogP contribution in [0, 0.1) is 0 Å². The molecule has 0 spiro atoms. The Morgan fingerprint density at radius 3 is 2.16 bits per heavy atom. The van der Waals surface area contributed by atoms with Gasteiger partial charge in [0.25, 0.3) is 0 Å². The molecule has 1 heterocycles. The highest BCUT2D eigenvalue weighted by Crippen LogP contribution is 2.35. The fraction of sp³-hybridized carbons (Fsp3) is 0.615. The summed E-state index contributed by atoms with van der Waals surface area (Å²) in [6.45, 7) is 10.8. The van der Waals surface area contributed by atoms with Gasteiger partial charge in [-0.05, 0) is 30.0 Å². The molecular weight excluding hydrogens is 486 g/mol. The first-order valence-electron chi connectivity index (χ1n) is 12.2. The smallest absolute Gasteiger partial charge is 0.303 e. The summed E-state index contributed by atoms with van der Waals surface area (Å²) < 4.78 is 28.2. The summed E-state index contributed by atoms with van der Waals surface area (Å²) in [5.41, 5.74) is 0.197. The van der Waals surface area contributed by atoms with E-state index in [0.717, 1.165) is 0 Å². The molecule has 206 valence electrons. The number of esters is 3. The van der Waals surface area contributed by atoms with Gasteiger partial charge in [-0.3, -0.25) is 19.2 Å². The minimum Gasteiger partial charge on any atom is -0.508 e. The number of amides is 1. The molecule has 11 nitrogen and oxygen atoms in total. The molecular formula is C26H37NO10. The highest BCUT2D eigenvalue weighted by atomic mass is 16.7. The van der Waals surface area contributed by atoms with E-state index in [1.165, 1.54) is 32.9 Å². The number of benzene rings is 1. The zero-order valence-corrected chi connectivity index (χ0v) is 22.4. The summed E-state index contributed by atoms with van der Waals surface area (Å²) in [7, 11) is 0. The number of hydrogen-bond donors (Lipinski definition) is 2. The average molecular weight is 524 g/mol. The Balaban J connectivity index is 2.54. The van der Waals surface area contributed by atoms with Crippen LogP contribution in [-0.2, 0) is 43.5 Å². The summed E-state index contributed by atoms with van der Waals surface area (Å²) in [5, 5.41) is 13.1. The van der Waals surface area contributed by atoms with Crippen molar-refractivity contribution in [1.82, 2.24) is 5.32 Å². The molecule has 1 aliphatic rings. The lowest BCUT2D eigenvalue weighted by molar-refractivity contribution is -0.257. The monoisotopic (exact) mass is 523 g/mol. The van der Waals surface area contributed by atoms with Crippen molar-refractivity contribution in [2.75, 3.05) is 6.61 Å². The van der Waals surface area contributed by atoms with E-state index in [-0.39, 0.29) is 24.7 Å². The number of carbonyl (C=O) groups excluding carboxylic acids is 4. The molecule has 11 heteroatoms. The van der Waals surface area contributed by atoms with Gasteiger partial charge in [-0.15, -0.1) is 0 Å². The highest BCUT2D eigenvalue weighted by Gasteiger charge is 2.52. The van der Waals surface area contributed by atoms with Crippen molar-refractivity contribution < 1.29 is 48.0 Å². The minimum absolute atomic E-state index is 0.0812. The molecule has 0 saturated carbocycles. The van der Waals surface area contributed by atoms with Gasteiger partial charge in [0.15, 0.2) is 12.2 Å². The van der Waals surface area contributed by atoms with E-state index in [9.17, 15) is 24.3 Å². The van der Waals surface area contributed by atoms with E-state index in [1.807, 2.05) is 27.7 Å². The van der Waals surface area contributed by atoms with Gasteiger partial charge in [0.1, 0.15) is 30.3 Å². The van der Waals surface area contributed by atoms with Gasteiger partial charge < -0.3 is 34.1 Å². The predicted molar refractivity (Wildman–Crippen MR) is 131 cm³/mol. The third-order valence-electron chi connectivity index (χ3n) is 5.53. The van der Waals surface area contributed by atoms with E-state index in [2.05, 4.69) is 5.32 Å². The molecule has 0 aromatic heterocycles. The molecule has 1 saturated heterocycles. The van der Waals surface area contributed by atoms with Crippen LogP contribution in [0.3, 0.4) is 0 Å². The second-order valence-corrected chi connectivity index (χ2v) is 9.88. The standard InChI is InChI=1S/C26H37NO10/c1-8-9-21(32)27-22-24(35-16(4)30)23(34-15(3)29)20(13-33-14(2)28)37-25(22)36-17-10-11-19(31)18(12-17)26(5,6)7/h10-12,20,22-25,31H,8-9,13H2,1-7H3,(H,27,32)/t20-,22-,23-,24-,25+/m1/s1. The Morgan fingerprint density at radius 2 is 1.62 bits per heavy atom. The molecule has 0 aliphatic carbocycles. The number of nitrogens with one attached hydrogen (secondary N) is 1. The zero-order valence-electron chi connectivity index (χ0n) is 22.4. The van der Waals surface area contributed by atoms with Crippen LogP contribution < -0.4 is 10.1 Å². The van der Waals surface area contributed by atoms with Gasteiger partial charge in [0, 0.05) is 32.8 Å². The molecule has 0 radical (unpaired) electrons. The molecule has 1 aromatic rings. The van der Waals surface area contributed by atoms with Crippen LogP contribution in [0.2, 0.25) is 0 Å². The lowest BCUT2D eigenvalue weighted by atomic mass is 9.86. The SMILES string of the molecule is CCCC(=O)N[C@H]1[C@@H](Oc2ccc(O)c(C(C)(C)C)c2)O[C@H](COC(C)=O)[C@@H](OC(C)=O)[C@@H]1OC(C)=O. The molecule has 2 N–H and O–H groups in total. The Kier molecular flexibility index (Phi) is 10.3. The minimum atomic E-state index is -1.24. The van der Waals surface area contributed by atoms with E-state index >= 15 is 0 Å². The maximum atomic E-state index is 12.6. The Hall–Kier alpha value is -3.34. The predicted octanol–water partition coefficient (Wildman–Crippen LogP) is 2.50. The van der Waals surface area contributed by atoms with Crippen molar-refractivity contribution in [3.05, 3.63) is 23.8 Å². The number of carbonyl (C=O) groups is 4. The Bertz CT molecular complexity index is 986. The molecule has 0 bridgehead atoms. The van der Waals surface area contributed by atoms with Crippen molar-refractivity contribution >= 4 is 23.8 Å².